The maximum absolute atomic E-state index is 13.4. The molecule has 0 fully saturated rings. The van der Waals surface area contributed by atoms with Crippen molar-refractivity contribution in [2.75, 3.05) is 0 Å². The molecule has 0 aliphatic heterocycles. The Morgan fingerprint density at radius 3 is 2.84 bits per heavy atom. The van der Waals surface area contributed by atoms with Gasteiger partial charge in [-0.1, -0.05) is 18.2 Å². The number of hydrogen-bond donors (Lipinski definition) is 1. The molecule has 3 nitrogen and oxygen atoms in total. The molecule has 0 saturated heterocycles. The van der Waals surface area contributed by atoms with E-state index in [4.69, 9.17) is 5.73 Å². The van der Waals surface area contributed by atoms with Gasteiger partial charge >= 0.3 is 0 Å². The van der Waals surface area contributed by atoms with E-state index in [0.717, 1.165) is 16.6 Å². The lowest BCUT2D eigenvalue weighted by Gasteiger charge is -2.07. The van der Waals surface area contributed by atoms with Gasteiger partial charge in [-0.15, -0.1) is 0 Å². The average molecular weight is 255 g/mol. The van der Waals surface area contributed by atoms with Crippen LogP contribution in [0.3, 0.4) is 0 Å². The fourth-order valence-electron chi connectivity index (χ4n) is 2.22. The Morgan fingerprint density at radius 2 is 2.00 bits per heavy atom. The minimum absolute atomic E-state index is 0.213. The first-order valence-corrected chi connectivity index (χ1v) is 6.15. The predicted molar refractivity (Wildman–Crippen MR) is 73.1 cm³/mol. The topological polar surface area (TPSA) is 43.8 Å². The van der Waals surface area contributed by atoms with Gasteiger partial charge in [0, 0.05) is 18.7 Å². The van der Waals surface area contributed by atoms with Crippen molar-refractivity contribution >= 4 is 11.0 Å². The van der Waals surface area contributed by atoms with E-state index in [1.165, 1.54) is 6.07 Å². The molecule has 2 N–H and O–H groups in total. The molecule has 0 bridgehead atoms. The summed E-state index contributed by atoms with van der Waals surface area (Å²) < 4.78 is 15.4. The fourth-order valence-corrected chi connectivity index (χ4v) is 2.22. The summed E-state index contributed by atoms with van der Waals surface area (Å²) in [6.45, 7) is 0.873. The molecule has 0 radical (unpaired) electrons. The Labute approximate surface area is 110 Å². The van der Waals surface area contributed by atoms with Crippen molar-refractivity contribution < 1.29 is 4.39 Å². The van der Waals surface area contributed by atoms with Crippen LogP contribution in [0.5, 0.6) is 0 Å². The number of para-hydroxylation sites is 2. The van der Waals surface area contributed by atoms with E-state index in [1.807, 2.05) is 34.9 Å². The number of benzene rings is 2. The highest BCUT2D eigenvalue weighted by molar-refractivity contribution is 5.75. The summed E-state index contributed by atoms with van der Waals surface area (Å²) >= 11 is 0. The third-order valence-electron chi connectivity index (χ3n) is 3.21. The zero-order chi connectivity index (χ0) is 13.2. The number of nitrogens with zero attached hydrogens (tertiary/aromatic N) is 2. The molecule has 4 heteroatoms. The zero-order valence-corrected chi connectivity index (χ0v) is 10.4. The van der Waals surface area contributed by atoms with Crippen molar-refractivity contribution in [1.82, 2.24) is 9.55 Å². The predicted octanol–water partition coefficient (Wildman–Crippen LogP) is 2.68. The molecule has 96 valence electrons. The summed E-state index contributed by atoms with van der Waals surface area (Å²) in [5.74, 6) is -0.248. The Bertz CT molecular complexity index is 718. The van der Waals surface area contributed by atoms with Crippen molar-refractivity contribution in [1.29, 1.82) is 0 Å². The van der Waals surface area contributed by atoms with Crippen LogP contribution in [-0.4, -0.2) is 9.55 Å². The van der Waals surface area contributed by atoms with Crippen LogP contribution in [-0.2, 0) is 13.1 Å². The molecule has 0 atom stereocenters. The molecule has 0 spiro atoms. The minimum atomic E-state index is -0.248. The van der Waals surface area contributed by atoms with Gasteiger partial charge in [-0.2, -0.15) is 0 Å². The smallest absolute Gasteiger partial charge is 0.127 e. The average Bonchev–Trinajstić information content (AvgIpc) is 2.84. The van der Waals surface area contributed by atoms with Crippen molar-refractivity contribution in [2.45, 2.75) is 13.1 Å². The lowest BCUT2D eigenvalue weighted by molar-refractivity contribution is 0.609. The van der Waals surface area contributed by atoms with Crippen LogP contribution < -0.4 is 5.73 Å². The van der Waals surface area contributed by atoms with E-state index in [9.17, 15) is 4.39 Å². The summed E-state index contributed by atoms with van der Waals surface area (Å²) in [7, 11) is 0. The molecule has 0 aliphatic carbocycles. The number of rotatable bonds is 3. The standard InChI is InChI=1S/C15H14FN3/c16-13-6-5-11(7-12(13)8-17)9-19-10-18-14-3-1-2-4-15(14)19/h1-7,10H,8-9,17H2. The Hall–Kier alpha value is -2.20. The molecule has 19 heavy (non-hydrogen) atoms. The summed E-state index contributed by atoms with van der Waals surface area (Å²) in [6.07, 6.45) is 1.80. The molecular weight excluding hydrogens is 241 g/mol. The van der Waals surface area contributed by atoms with Gasteiger partial charge in [-0.25, -0.2) is 9.37 Å². The second-order valence-electron chi connectivity index (χ2n) is 4.49. The van der Waals surface area contributed by atoms with Gasteiger partial charge in [0.25, 0.3) is 0 Å². The second kappa shape index (κ2) is 4.82. The van der Waals surface area contributed by atoms with Crippen LogP contribution in [0.25, 0.3) is 11.0 Å². The highest BCUT2D eigenvalue weighted by Crippen LogP contribution is 2.16. The first-order valence-electron chi connectivity index (χ1n) is 6.15. The molecule has 0 saturated carbocycles. The lowest BCUT2D eigenvalue weighted by Crippen LogP contribution is -2.03. The summed E-state index contributed by atoms with van der Waals surface area (Å²) in [4.78, 5) is 4.34. The number of halogens is 1. The highest BCUT2D eigenvalue weighted by atomic mass is 19.1. The van der Waals surface area contributed by atoms with Gasteiger partial charge in [0.2, 0.25) is 0 Å². The number of imidazole rings is 1. The lowest BCUT2D eigenvalue weighted by atomic mass is 10.1. The third kappa shape index (κ3) is 2.22. The molecular formula is C15H14FN3. The van der Waals surface area contributed by atoms with Gasteiger partial charge in [-0.05, 0) is 29.8 Å². The molecule has 3 rings (SSSR count). The van der Waals surface area contributed by atoms with Crippen LogP contribution >= 0.6 is 0 Å². The van der Waals surface area contributed by atoms with Crippen molar-refractivity contribution in [3.63, 3.8) is 0 Å². The summed E-state index contributed by atoms with van der Waals surface area (Å²) in [5.41, 5.74) is 9.12. The number of aromatic nitrogens is 2. The van der Waals surface area contributed by atoms with Crippen molar-refractivity contribution in [2.24, 2.45) is 5.73 Å². The first kappa shape index (κ1) is 11.9. The SMILES string of the molecule is NCc1cc(Cn2cnc3ccccc32)ccc1F. The van der Waals surface area contributed by atoms with Gasteiger partial charge in [0.15, 0.2) is 0 Å². The largest absolute Gasteiger partial charge is 0.326 e. The van der Waals surface area contributed by atoms with E-state index in [2.05, 4.69) is 4.98 Å². The Kier molecular flexibility index (Phi) is 3.01. The van der Waals surface area contributed by atoms with E-state index in [1.54, 1.807) is 12.4 Å². The first-order chi connectivity index (χ1) is 9.28. The Balaban J connectivity index is 1.97. The van der Waals surface area contributed by atoms with Crippen molar-refractivity contribution in [3.05, 3.63) is 65.7 Å². The number of nitrogens with two attached hydrogens (primary N) is 1. The zero-order valence-electron chi connectivity index (χ0n) is 10.4. The normalized spacial score (nSPS) is 11.1. The van der Waals surface area contributed by atoms with Gasteiger partial charge in [0.05, 0.1) is 17.4 Å². The maximum atomic E-state index is 13.4. The second-order valence-corrected chi connectivity index (χ2v) is 4.49. The molecule has 1 aromatic heterocycles. The van der Waals surface area contributed by atoms with E-state index in [-0.39, 0.29) is 12.4 Å². The fraction of sp³-hybridized carbons (Fsp3) is 0.133. The maximum Gasteiger partial charge on any atom is 0.127 e. The van der Waals surface area contributed by atoms with Crippen LogP contribution in [0.15, 0.2) is 48.8 Å². The summed E-state index contributed by atoms with van der Waals surface area (Å²) in [5, 5.41) is 0. The molecule has 0 unspecified atom stereocenters. The van der Waals surface area contributed by atoms with Gasteiger partial charge < -0.3 is 10.3 Å². The summed E-state index contributed by atoms with van der Waals surface area (Å²) in [6, 6.07) is 13.0. The van der Waals surface area contributed by atoms with E-state index < -0.39 is 0 Å². The van der Waals surface area contributed by atoms with Crippen molar-refractivity contribution in [3.8, 4) is 0 Å². The van der Waals surface area contributed by atoms with Crippen LogP contribution in [0.1, 0.15) is 11.1 Å². The third-order valence-corrected chi connectivity index (χ3v) is 3.21. The number of hydrogen-bond acceptors (Lipinski definition) is 2. The number of fused-ring (bicyclic) bond motifs is 1. The minimum Gasteiger partial charge on any atom is -0.326 e. The molecule has 0 aliphatic rings. The Morgan fingerprint density at radius 1 is 1.16 bits per heavy atom. The van der Waals surface area contributed by atoms with E-state index in [0.29, 0.717) is 12.1 Å². The monoisotopic (exact) mass is 255 g/mol. The highest BCUT2D eigenvalue weighted by Gasteiger charge is 2.05. The quantitative estimate of drug-likeness (QED) is 0.782. The van der Waals surface area contributed by atoms with Crippen LogP contribution in [0.2, 0.25) is 0 Å². The molecule has 0 amide bonds. The molecule has 1 heterocycles. The molecule has 3 aromatic rings. The van der Waals surface area contributed by atoms with Crippen LogP contribution in [0.4, 0.5) is 4.39 Å². The van der Waals surface area contributed by atoms with E-state index >= 15 is 0 Å². The van der Waals surface area contributed by atoms with Gasteiger partial charge in [0.1, 0.15) is 5.82 Å². The molecule has 2 aromatic carbocycles. The van der Waals surface area contributed by atoms with Crippen LogP contribution in [0, 0.1) is 5.82 Å². The van der Waals surface area contributed by atoms with Gasteiger partial charge in [-0.3, -0.25) is 0 Å².